The van der Waals surface area contributed by atoms with Crippen molar-refractivity contribution in [3.63, 3.8) is 0 Å². The Hall–Kier alpha value is -2.96. The predicted octanol–water partition coefficient (Wildman–Crippen LogP) is 4.26. The summed E-state index contributed by atoms with van der Waals surface area (Å²) in [6.07, 6.45) is -4.73. The van der Waals surface area contributed by atoms with E-state index in [0.717, 1.165) is 0 Å². The zero-order valence-corrected chi connectivity index (χ0v) is 11.5. The van der Waals surface area contributed by atoms with Gasteiger partial charge in [0.25, 0.3) is 0 Å². The number of anilines is 2. The second-order valence-electron chi connectivity index (χ2n) is 4.86. The van der Waals surface area contributed by atoms with Gasteiger partial charge in [-0.05, 0) is 36.4 Å². The maximum atomic E-state index is 12.7. The average Bonchev–Trinajstić information content (AvgIpc) is 2.48. The van der Waals surface area contributed by atoms with E-state index in [-0.39, 0.29) is 16.7 Å². The van der Waals surface area contributed by atoms with Gasteiger partial charge in [-0.3, -0.25) is 4.79 Å². The molecule has 0 aliphatic heterocycles. The van der Waals surface area contributed by atoms with Crippen molar-refractivity contribution >= 4 is 22.3 Å². The number of alkyl halides is 3. The number of hydrogen-bond donors (Lipinski definition) is 2. The molecule has 0 saturated carbocycles. The summed E-state index contributed by atoms with van der Waals surface area (Å²) in [5.74, 6) is -1.24. The van der Waals surface area contributed by atoms with Crippen LogP contribution in [0.15, 0.2) is 57.7 Å². The van der Waals surface area contributed by atoms with E-state index < -0.39 is 17.4 Å². The third kappa shape index (κ3) is 3.13. The predicted molar refractivity (Wildman–Crippen MR) is 78.9 cm³/mol. The number of phenolic OH excluding ortho intramolecular Hbond substituents is 1. The first kappa shape index (κ1) is 15.0. The molecule has 0 amide bonds. The summed E-state index contributed by atoms with van der Waals surface area (Å²) < 4.78 is 42.9. The molecule has 0 aliphatic carbocycles. The van der Waals surface area contributed by atoms with E-state index in [0.29, 0.717) is 17.4 Å². The fourth-order valence-corrected chi connectivity index (χ4v) is 2.08. The molecule has 0 fully saturated rings. The molecule has 1 aromatic heterocycles. The van der Waals surface area contributed by atoms with Crippen LogP contribution < -0.4 is 10.7 Å². The minimum absolute atomic E-state index is 0.0641. The van der Waals surface area contributed by atoms with Crippen molar-refractivity contribution in [3.05, 3.63) is 64.5 Å². The van der Waals surface area contributed by atoms with Gasteiger partial charge in [0.2, 0.25) is 5.76 Å². The van der Waals surface area contributed by atoms with Gasteiger partial charge in [-0.2, -0.15) is 13.2 Å². The molecule has 2 aromatic carbocycles. The summed E-state index contributed by atoms with van der Waals surface area (Å²) in [5.41, 5.74) is 0.158. The van der Waals surface area contributed by atoms with Crippen molar-refractivity contribution in [1.29, 1.82) is 0 Å². The molecular weight excluding hydrogens is 311 g/mol. The second kappa shape index (κ2) is 5.35. The van der Waals surface area contributed by atoms with Gasteiger partial charge in [0.15, 0.2) is 5.43 Å². The highest BCUT2D eigenvalue weighted by Crippen LogP contribution is 2.31. The molecule has 0 atom stereocenters. The Morgan fingerprint density at radius 1 is 0.957 bits per heavy atom. The van der Waals surface area contributed by atoms with Crippen LogP contribution in [0.25, 0.3) is 11.0 Å². The van der Waals surface area contributed by atoms with E-state index in [4.69, 9.17) is 4.42 Å². The Balaban J connectivity index is 2.03. The van der Waals surface area contributed by atoms with Gasteiger partial charge >= 0.3 is 6.18 Å². The van der Waals surface area contributed by atoms with E-state index in [1.54, 1.807) is 18.2 Å². The third-order valence-electron chi connectivity index (χ3n) is 3.16. The topological polar surface area (TPSA) is 62.5 Å². The van der Waals surface area contributed by atoms with Crippen molar-refractivity contribution in [1.82, 2.24) is 0 Å². The fraction of sp³-hybridized carbons (Fsp3) is 0.0625. The summed E-state index contributed by atoms with van der Waals surface area (Å²) in [5, 5.41) is 12.2. The third-order valence-corrected chi connectivity index (χ3v) is 3.16. The van der Waals surface area contributed by atoms with E-state index in [9.17, 15) is 23.1 Å². The van der Waals surface area contributed by atoms with Crippen LogP contribution in [0.4, 0.5) is 24.5 Å². The number of benzene rings is 2. The van der Waals surface area contributed by atoms with E-state index in [2.05, 4.69) is 5.32 Å². The van der Waals surface area contributed by atoms with Gasteiger partial charge in [-0.15, -0.1) is 0 Å². The molecule has 0 unspecified atom stereocenters. The molecule has 118 valence electrons. The highest BCUT2D eigenvalue weighted by molar-refractivity contribution is 5.81. The van der Waals surface area contributed by atoms with Crippen molar-refractivity contribution in [2.45, 2.75) is 6.18 Å². The molecule has 3 rings (SSSR count). The summed E-state index contributed by atoms with van der Waals surface area (Å²) in [4.78, 5) is 11.7. The van der Waals surface area contributed by atoms with Crippen LogP contribution in [0.5, 0.6) is 5.75 Å². The highest BCUT2D eigenvalue weighted by Gasteiger charge is 2.34. The number of fused-ring (bicyclic) bond motifs is 1. The number of halogens is 3. The van der Waals surface area contributed by atoms with Gasteiger partial charge in [-0.1, -0.05) is 0 Å². The van der Waals surface area contributed by atoms with Crippen molar-refractivity contribution < 1.29 is 22.7 Å². The molecule has 0 bridgehead atoms. The molecule has 0 spiro atoms. The van der Waals surface area contributed by atoms with Gasteiger partial charge in [0.05, 0.1) is 5.39 Å². The van der Waals surface area contributed by atoms with Gasteiger partial charge in [-0.25, -0.2) is 0 Å². The first-order valence-electron chi connectivity index (χ1n) is 6.54. The largest absolute Gasteiger partial charge is 0.508 e. The minimum atomic E-state index is -4.73. The molecule has 4 nitrogen and oxygen atoms in total. The van der Waals surface area contributed by atoms with Crippen LogP contribution in [0.2, 0.25) is 0 Å². The van der Waals surface area contributed by atoms with Crippen LogP contribution in [-0.2, 0) is 6.18 Å². The monoisotopic (exact) mass is 321 g/mol. The second-order valence-corrected chi connectivity index (χ2v) is 4.86. The molecule has 0 aliphatic rings. The van der Waals surface area contributed by atoms with Gasteiger partial charge in [0.1, 0.15) is 11.3 Å². The summed E-state index contributed by atoms with van der Waals surface area (Å²) in [6.45, 7) is 0. The van der Waals surface area contributed by atoms with E-state index >= 15 is 0 Å². The number of nitrogens with one attached hydrogen (secondary N) is 1. The zero-order valence-electron chi connectivity index (χ0n) is 11.5. The van der Waals surface area contributed by atoms with Crippen LogP contribution in [0.3, 0.4) is 0 Å². The number of hydrogen-bond acceptors (Lipinski definition) is 4. The van der Waals surface area contributed by atoms with Crippen LogP contribution in [0, 0.1) is 0 Å². The normalized spacial score (nSPS) is 11.6. The Bertz CT molecular complexity index is 914. The van der Waals surface area contributed by atoms with Crippen LogP contribution >= 0.6 is 0 Å². The number of phenols is 1. The number of rotatable bonds is 2. The summed E-state index contributed by atoms with van der Waals surface area (Å²) in [7, 11) is 0. The standard InChI is InChI=1S/C16H10F3NO3/c17-16(18,19)15-8-13(22)12-6-3-10(7-14(12)23-15)20-9-1-4-11(21)5-2-9/h1-8,20-21H. The van der Waals surface area contributed by atoms with Gasteiger partial charge < -0.3 is 14.8 Å². The van der Waals surface area contributed by atoms with E-state index in [1.807, 2.05) is 0 Å². The average molecular weight is 321 g/mol. The quantitative estimate of drug-likeness (QED) is 0.692. The lowest BCUT2D eigenvalue weighted by molar-refractivity contribution is -0.152. The van der Waals surface area contributed by atoms with Crippen molar-refractivity contribution in [3.8, 4) is 5.75 Å². The maximum absolute atomic E-state index is 12.7. The minimum Gasteiger partial charge on any atom is -0.508 e. The van der Waals surface area contributed by atoms with Crippen molar-refractivity contribution in [2.75, 3.05) is 5.32 Å². The Labute approximate surface area is 127 Å². The molecule has 7 heteroatoms. The zero-order chi connectivity index (χ0) is 16.6. The summed E-state index contributed by atoms with van der Waals surface area (Å²) >= 11 is 0. The summed E-state index contributed by atoms with van der Waals surface area (Å²) in [6, 6.07) is 10.8. The molecule has 3 aromatic rings. The van der Waals surface area contributed by atoms with Gasteiger partial charge in [0, 0.05) is 23.5 Å². The lowest BCUT2D eigenvalue weighted by atomic mass is 10.2. The first-order chi connectivity index (χ1) is 10.8. The van der Waals surface area contributed by atoms with E-state index in [1.165, 1.54) is 24.3 Å². The molecule has 1 heterocycles. The first-order valence-corrected chi connectivity index (χ1v) is 6.54. The van der Waals surface area contributed by atoms with Crippen LogP contribution in [0.1, 0.15) is 5.76 Å². The molecule has 0 radical (unpaired) electrons. The Kier molecular flexibility index (Phi) is 3.48. The number of aromatic hydroxyl groups is 1. The van der Waals surface area contributed by atoms with Crippen LogP contribution in [-0.4, -0.2) is 5.11 Å². The molecule has 23 heavy (non-hydrogen) atoms. The lowest BCUT2D eigenvalue weighted by Crippen LogP contribution is -2.10. The SMILES string of the molecule is O=c1cc(C(F)(F)F)oc2cc(Nc3ccc(O)cc3)ccc12. The maximum Gasteiger partial charge on any atom is 0.449 e. The molecular formula is C16H10F3NO3. The molecule has 2 N–H and O–H groups in total. The Morgan fingerprint density at radius 3 is 2.26 bits per heavy atom. The lowest BCUT2D eigenvalue weighted by Gasteiger charge is -2.09. The smallest absolute Gasteiger partial charge is 0.449 e. The Morgan fingerprint density at radius 2 is 1.61 bits per heavy atom. The van der Waals surface area contributed by atoms with Crippen molar-refractivity contribution in [2.24, 2.45) is 0 Å². The molecule has 0 saturated heterocycles. The highest BCUT2D eigenvalue weighted by atomic mass is 19.4. The fourth-order valence-electron chi connectivity index (χ4n) is 2.08.